The molecule has 72 valence electrons. The number of halogens is 1. The van der Waals surface area contributed by atoms with Crippen LogP contribution < -0.4 is 0 Å². The zero-order valence-electron chi connectivity index (χ0n) is 8.10. The average Bonchev–Trinajstić information content (AvgIpc) is 2.13. The van der Waals surface area contributed by atoms with Crippen molar-refractivity contribution in [3.05, 3.63) is 28.3 Å². The standard InChI is InChI=1S/C11H15ClO/c1-3-5-9-6-8(4-2)7-10(12)11(9)13/h6-7,13H,3-5H2,1-2H3. The summed E-state index contributed by atoms with van der Waals surface area (Å²) in [6, 6.07) is 3.86. The van der Waals surface area contributed by atoms with Crippen molar-refractivity contribution in [3.63, 3.8) is 0 Å². The number of phenolic OH excluding ortho intramolecular Hbond substituents is 1. The molecule has 1 nitrogen and oxygen atoms in total. The monoisotopic (exact) mass is 198 g/mol. The molecule has 0 unspecified atom stereocenters. The Morgan fingerprint density at radius 1 is 1.31 bits per heavy atom. The van der Waals surface area contributed by atoms with Crippen LogP contribution in [0.25, 0.3) is 0 Å². The summed E-state index contributed by atoms with van der Waals surface area (Å²) in [5.74, 6) is 0.251. The lowest BCUT2D eigenvalue weighted by molar-refractivity contribution is 0.467. The summed E-state index contributed by atoms with van der Waals surface area (Å²) >= 11 is 5.88. The van der Waals surface area contributed by atoms with Gasteiger partial charge in [-0.2, -0.15) is 0 Å². The molecule has 0 fully saturated rings. The summed E-state index contributed by atoms with van der Waals surface area (Å²) in [6.45, 7) is 4.17. The third kappa shape index (κ3) is 2.38. The first kappa shape index (κ1) is 10.4. The van der Waals surface area contributed by atoms with Crippen molar-refractivity contribution in [3.8, 4) is 5.75 Å². The quantitative estimate of drug-likeness (QED) is 0.788. The lowest BCUT2D eigenvalue weighted by Gasteiger charge is -2.07. The van der Waals surface area contributed by atoms with Crippen LogP contribution in [0.3, 0.4) is 0 Å². The molecule has 1 N–H and O–H groups in total. The van der Waals surface area contributed by atoms with Gasteiger partial charge in [0.05, 0.1) is 5.02 Å². The molecule has 1 aromatic rings. The van der Waals surface area contributed by atoms with Crippen LogP contribution in [0.4, 0.5) is 0 Å². The fraction of sp³-hybridized carbons (Fsp3) is 0.455. The van der Waals surface area contributed by atoms with E-state index in [0.29, 0.717) is 5.02 Å². The Morgan fingerprint density at radius 3 is 2.54 bits per heavy atom. The van der Waals surface area contributed by atoms with Crippen molar-refractivity contribution < 1.29 is 5.11 Å². The molecule has 1 aromatic carbocycles. The highest BCUT2D eigenvalue weighted by atomic mass is 35.5. The summed E-state index contributed by atoms with van der Waals surface area (Å²) < 4.78 is 0. The van der Waals surface area contributed by atoms with Crippen LogP contribution in [0.2, 0.25) is 5.02 Å². The predicted molar refractivity (Wildman–Crippen MR) is 56.5 cm³/mol. The number of phenols is 1. The van der Waals surface area contributed by atoms with Crippen molar-refractivity contribution in [1.29, 1.82) is 0 Å². The van der Waals surface area contributed by atoms with Crippen molar-refractivity contribution in [2.75, 3.05) is 0 Å². The fourth-order valence-corrected chi connectivity index (χ4v) is 1.64. The van der Waals surface area contributed by atoms with Crippen LogP contribution in [-0.4, -0.2) is 5.11 Å². The predicted octanol–water partition coefficient (Wildman–Crippen LogP) is 3.56. The SMILES string of the molecule is CCCc1cc(CC)cc(Cl)c1O. The molecular formula is C11H15ClO. The lowest BCUT2D eigenvalue weighted by Crippen LogP contribution is -1.89. The minimum Gasteiger partial charge on any atom is -0.506 e. The molecule has 0 aliphatic rings. The molecule has 1 rings (SSSR count). The van der Waals surface area contributed by atoms with E-state index in [-0.39, 0.29) is 5.75 Å². The molecule has 0 aromatic heterocycles. The zero-order valence-corrected chi connectivity index (χ0v) is 8.86. The summed E-state index contributed by atoms with van der Waals surface area (Å²) in [7, 11) is 0. The van der Waals surface area contributed by atoms with E-state index in [1.165, 1.54) is 5.56 Å². The first-order valence-corrected chi connectivity index (χ1v) is 5.07. The summed E-state index contributed by atoms with van der Waals surface area (Å²) in [5, 5.41) is 10.1. The van der Waals surface area contributed by atoms with Gasteiger partial charge in [-0.1, -0.05) is 37.9 Å². The number of hydrogen-bond acceptors (Lipinski definition) is 1. The Kier molecular flexibility index (Phi) is 3.61. The molecule has 13 heavy (non-hydrogen) atoms. The molecule has 0 heterocycles. The van der Waals surface area contributed by atoms with Crippen molar-refractivity contribution in [2.45, 2.75) is 33.1 Å². The highest BCUT2D eigenvalue weighted by molar-refractivity contribution is 6.32. The maximum absolute atomic E-state index is 9.62. The van der Waals surface area contributed by atoms with Gasteiger partial charge in [0.1, 0.15) is 5.75 Å². The lowest BCUT2D eigenvalue weighted by atomic mass is 10.0. The highest BCUT2D eigenvalue weighted by Crippen LogP contribution is 2.30. The van der Waals surface area contributed by atoms with Crippen LogP contribution in [0.15, 0.2) is 12.1 Å². The molecule has 0 spiro atoms. The zero-order chi connectivity index (χ0) is 9.84. The number of hydrogen-bond donors (Lipinski definition) is 1. The van der Waals surface area contributed by atoms with Gasteiger partial charge in [-0.3, -0.25) is 0 Å². The third-order valence-corrected chi connectivity index (χ3v) is 2.42. The molecule has 0 atom stereocenters. The van der Waals surface area contributed by atoms with Gasteiger partial charge in [0, 0.05) is 0 Å². The maximum Gasteiger partial charge on any atom is 0.137 e. The molecular weight excluding hydrogens is 184 g/mol. The summed E-state index contributed by atoms with van der Waals surface area (Å²) in [4.78, 5) is 0. The summed E-state index contributed by atoms with van der Waals surface area (Å²) in [5.41, 5.74) is 2.15. The fourth-order valence-electron chi connectivity index (χ4n) is 1.38. The van der Waals surface area contributed by atoms with Gasteiger partial charge in [-0.05, 0) is 30.0 Å². The first-order chi connectivity index (χ1) is 6.19. The van der Waals surface area contributed by atoms with E-state index < -0.39 is 0 Å². The Bertz CT molecular complexity index is 294. The molecule has 0 bridgehead atoms. The van der Waals surface area contributed by atoms with E-state index in [2.05, 4.69) is 13.8 Å². The van der Waals surface area contributed by atoms with E-state index in [0.717, 1.165) is 24.8 Å². The molecule has 0 aliphatic heterocycles. The molecule has 0 amide bonds. The topological polar surface area (TPSA) is 20.2 Å². The number of aryl methyl sites for hydroxylation is 2. The highest BCUT2D eigenvalue weighted by Gasteiger charge is 2.06. The van der Waals surface area contributed by atoms with Gasteiger partial charge >= 0.3 is 0 Å². The van der Waals surface area contributed by atoms with Crippen LogP contribution in [0.5, 0.6) is 5.75 Å². The normalized spacial score (nSPS) is 10.4. The summed E-state index contributed by atoms with van der Waals surface area (Å²) in [6.07, 6.45) is 2.87. The second-order valence-electron chi connectivity index (χ2n) is 3.19. The van der Waals surface area contributed by atoms with Crippen molar-refractivity contribution >= 4 is 11.6 Å². The van der Waals surface area contributed by atoms with Gasteiger partial charge in [0.25, 0.3) is 0 Å². The number of rotatable bonds is 3. The Balaban J connectivity index is 3.09. The van der Waals surface area contributed by atoms with Crippen LogP contribution in [-0.2, 0) is 12.8 Å². The average molecular weight is 199 g/mol. The van der Waals surface area contributed by atoms with E-state index in [4.69, 9.17) is 11.6 Å². The number of benzene rings is 1. The van der Waals surface area contributed by atoms with Gasteiger partial charge in [0.2, 0.25) is 0 Å². The maximum atomic E-state index is 9.62. The molecule has 0 saturated carbocycles. The molecule has 0 saturated heterocycles. The van der Waals surface area contributed by atoms with E-state index >= 15 is 0 Å². The molecule has 0 radical (unpaired) electrons. The van der Waals surface area contributed by atoms with Gasteiger partial charge in [0.15, 0.2) is 0 Å². The smallest absolute Gasteiger partial charge is 0.137 e. The van der Waals surface area contributed by atoms with Crippen LogP contribution in [0, 0.1) is 0 Å². The minimum absolute atomic E-state index is 0.251. The van der Waals surface area contributed by atoms with Gasteiger partial charge < -0.3 is 5.11 Å². The van der Waals surface area contributed by atoms with E-state index in [1.54, 1.807) is 0 Å². The van der Waals surface area contributed by atoms with Crippen LogP contribution >= 0.6 is 11.6 Å². The third-order valence-electron chi connectivity index (χ3n) is 2.13. The number of aromatic hydroxyl groups is 1. The van der Waals surface area contributed by atoms with E-state index in [1.807, 2.05) is 12.1 Å². The van der Waals surface area contributed by atoms with Gasteiger partial charge in [-0.15, -0.1) is 0 Å². The molecule has 2 heteroatoms. The minimum atomic E-state index is 0.251. The van der Waals surface area contributed by atoms with Crippen molar-refractivity contribution in [1.82, 2.24) is 0 Å². The Hall–Kier alpha value is -0.690. The van der Waals surface area contributed by atoms with E-state index in [9.17, 15) is 5.11 Å². The van der Waals surface area contributed by atoms with Gasteiger partial charge in [-0.25, -0.2) is 0 Å². The largest absolute Gasteiger partial charge is 0.506 e. The van der Waals surface area contributed by atoms with Crippen molar-refractivity contribution in [2.24, 2.45) is 0 Å². The second kappa shape index (κ2) is 4.52. The molecule has 0 aliphatic carbocycles. The Labute approximate surface area is 84.4 Å². The first-order valence-electron chi connectivity index (χ1n) is 4.69. The second-order valence-corrected chi connectivity index (χ2v) is 3.60. The van der Waals surface area contributed by atoms with Crippen LogP contribution in [0.1, 0.15) is 31.4 Å². The Morgan fingerprint density at radius 2 is 2.00 bits per heavy atom.